The van der Waals surface area contributed by atoms with Crippen molar-refractivity contribution in [3.8, 4) is 11.3 Å². The van der Waals surface area contributed by atoms with E-state index in [1.165, 1.54) is 0 Å². The summed E-state index contributed by atoms with van der Waals surface area (Å²) in [5.41, 5.74) is 6.16. The van der Waals surface area contributed by atoms with E-state index in [0.717, 1.165) is 41.1 Å². The summed E-state index contributed by atoms with van der Waals surface area (Å²) in [7, 11) is 0. The van der Waals surface area contributed by atoms with Gasteiger partial charge in [0.15, 0.2) is 17.0 Å². The van der Waals surface area contributed by atoms with E-state index in [1.807, 2.05) is 81.3 Å². The fourth-order valence-corrected chi connectivity index (χ4v) is 7.46. The van der Waals surface area contributed by atoms with Crippen LogP contribution >= 0.6 is 0 Å². The van der Waals surface area contributed by atoms with E-state index in [1.54, 1.807) is 41.5 Å². The smallest absolute Gasteiger partial charge is 0.253 e. The third-order valence-electron chi connectivity index (χ3n) is 10.5. The highest BCUT2D eigenvalue weighted by Crippen LogP contribution is 2.27. The zero-order valence-electron chi connectivity index (χ0n) is 30.7. The van der Waals surface area contributed by atoms with Crippen LogP contribution in [0.15, 0.2) is 114 Å². The van der Waals surface area contributed by atoms with Gasteiger partial charge in [-0.2, -0.15) is 0 Å². The molecule has 0 saturated carbocycles. The monoisotopic (exact) mass is 748 g/mol. The van der Waals surface area contributed by atoms with Gasteiger partial charge in [0.1, 0.15) is 17.8 Å². The molecule has 9 rings (SSSR count). The van der Waals surface area contributed by atoms with Crippen molar-refractivity contribution < 1.29 is 14.0 Å². The Bertz CT molecular complexity index is 2450. The first-order chi connectivity index (χ1) is 27.6. The minimum absolute atomic E-state index is 0.0749. The van der Waals surface area contributed by atoms with Crippen molar-refractivity contribution in [2.24, 2.45) is 0 Å². The Balaban J connectivity index is 0.787. The summed E-state index contributed by atoms with van der Waals surface area (Å²) in [6.45, 7) is 4.50. The maximum atomic E-state index is 13.7. The normalized spacial score (nSPS) is 15.0. The lowest BCUT2D eigenvalue weighted by atomic mass is 10.0. The quantitative estimate of drug-likeness (QED) is 0.197. The summed E-state index contributed by atoms with van der Waals surface area (Å²) in [4.78, 5) is 42.2. The van der Waals surface area contributed by atoms with Crippen molar-refractivity contribution in [2.45, 2.75) is 32.0 Å². The minimum Gasteiger partial charge on any atom is -0.467 e. The molecule has 2 aliphatic heterocycles. The molecule has 0 unspecified atom stereocenters. The predicted molar refractivity (Wildman–Crippen MR) is 209 cm³/mol. The predicted octanol–water partition coefficient (Wildman–Crippen LogP) is 5.17. The summed E-state index contributed by atoms with van der Waals surface area (Å²) >= 11 is 0. The van der Waals surface area contributed by atoms with Crippen LogP contribution in [0.4, 0.5) is 11.5 Å². The number of piperidine rings is 1. The first-order valence-corrected chi connectivity index (χ1v) is 18.9. The molecular weight excluding hydrogens is 709 g/mol. The Morgan fingerprint density at radius 2 is 1.52 bits per heavy atom. The number of likely N-dealkylation sites (tertiary alicyclic amines) is 1. The maximum absolute atomic E-state index is 13.7. The van der Waals surface area contributed by atoms with Crippen LogP contribution in [0.3, 0.4) is 0 Å². The number of hydrogen-bond donors (Lipinski definition) is 1. The van der Waals surface area contributed by atoms with Crippen LogP contribution in [-0.2, 0) is 13.1 Å². The lowest BCUT2D eigenvalue weighted by molar-refractivity contribution is 0.0689. The SMILES string of the molecule is O=C(c1cccc(C(=O)N2CCN(c3ncnc4c3nnn4Cc3ccccc3)CC2)c1)N1CCC(n2cc(-c3cccc(NCc4ccco4)c3)nn2)CC1. The molecule has 0 bridgehead atoms. The molecule has 1 N–H and O–H groups in total. The van der Waals surface area contributed by atoms with Gasteiger partial charge in [-0.1, -0.05) is 59.0 Å². The zero-order chi connectivity index (χ0) is 37.8. The molecule has 56 heavy (non-hydrogen) atoms. The number of carbonyl (C=O) groups excluding carboxylic acids is 2. The summed E-state index contributed by atoms with van der Waals surface area (Å²) in [6, 6.07) is 29.2. The largest absolute Gasteiger partial charge is 0.467 e. The van der Waals surface area contributed by atoms with Crippen LogP contribution in [0.25, 0.3) is 22.4 Å². The molecule has 6 heterocycles. The van der Waals surface area contributed by atoms with Crippen molar-refractivity contribution >= 4 is 34.5 Å². The van der Waals surface area contributed by atoms with Gasteiger partial charge in [0.05, 0.1) is 31.6 Å². The fourth-order valence-electron chi connectivity index (χ4n) is 7.46. The van der Waals surface area contributed by atoms with Crippen molar-refractivity contribution in [1.82, 2.24) is 49.8 Å². The number of nitrogens with one attached hydrogen (secondary N) is 1. The van der Waals surface area contributed by atoms with Crippen molar-refractivity contribution in [1.29, 1.82) is 0 Å². The molecule has 3 aromatic carbocycles. The van der Waals surface area contributed by atoms with Gasteiger partial charge in [0.25, 0.3) is 11.8 Å². The topological polar surface area (TPSA) is 156 Å². The molecule has 0 radical (unpaired) electrons. The Morgan fingerprint density at radius 1 is 0.750 bits per heavy atom. The van der Waals surface area contributed by atoms with E-state index in [9.17, 15) is 9.59 Å². The molecule has 0 atom stereocenters. The number of nitrogens with zero attached hydrogens (tertiary/aromatic N) is 11. The lowest BCUT2D eigenvalue weighted by Gasteiger charge is -2.35. The van der Waals surface area contributed by atoms with Crippen molar-refractivity contribution in [2.75, 3.05) is 49.5 Å². The van der Waals surface area contributed by atoms with Crippen LogP contribution in [0.1, 0.15) is 50.9 Å². The number of hydrogen-bond acceptors (Lipinski definition) is 11. The van der Waals surface area contributed by atoms with Gasteiger partial charge in [-0.05, 0) is 60.9 Å². The number of anilines is 2. The standard InChI is InChI=1S/C41H40N12O3/c54-40(50-16-14-34(15-17-50)52-27-36(45-47-52)30-9-5-12-33(24-30)42-25-35-13-6-22-56-35)31-10-4-11-32(23-31)41(55)51-20-18-49(19-21-51)38-37-39(44-28-43-38)53(48-46-37)26-29-7-2-1-3-8-29/h1-13,22-24,27-28,34,42H,14-21,25-26H2. The van der Waals surface area contributed by atoms with Crippen LogP contribution in [0.5, 0.6) is 0 Å². The molecule has 2 fully saturated rings. The van der Waals surface area contributed by atoms with Crippen molar-refractivity contribution in [3.05, 3.63) is 132 Å². The third-order valence-corrected chi connectivity index (χ3v) is 10.5. The van der Waals surface area contributed by atoms with Gasteiger partial charge >= 0.3 is 0 Å². The van der Waals surface area contributed by atoms with E-state index in [4.69, 9.17) is 4.42 Å². The molecule has 0 spiro atoms. The number of piperazine rings is 1. The summed E-state index contributed by atoms with van der Waals surface area (Å²) in [6.07, 6.45) is 6.70. The van der Waals surface area contributed by atoms with Gasteiger partial charge in [-0.15, -0.1) is 10.2 Å². The highest BCUT2D eigenvalue weighted by molar-refractivity contribution is 6.00. The highest BCUT2D eigenvalue weighted by Gasteiger charge is 2.28. The van der Waals surface area contributed by atoms with E-state index >= 15 is 0 Å². The molecule has 0 aliphatic carbocycles. The molecule has 282 valence electrons. The van der Waals surface area contributed by atoms with Crippen LogP contribution in [0, 0.1) is 0 Å². The molecule has 2 amide bonds. The lowest BCUT2D eigenvalue weighted by Crippen LogP contribution is -2.49. The summed E-state index contributed by atoms with van der Waals surface area (Å²) in [5.74, 6) is 1.40. The van der Waals surface area contributed by atoms with Crippen LogP contribution < -0.4 is 10.2 Å². The van der Waals surface area contributed by atoms with Gasteiger partial charge in [0.2, 0.25) is 0 Å². The Hall–Kier alpha value is -6.90. The minimum atomic E-state index is -0.0968. The Kier molecular flexibility index (Phi) is 9.61. The first kappa shape index (κ1) is 34.8. The molecule has 15 nitrogen and oxygen atoms in total. The average molecular weight is 749 g/mol. The number of rotatable bonds is 10. The second-order valence-corrected chi connectivity index (χ2v) is 14.1. The van der Waals surface area contributed by atoms with Crippen LogP contribution in [-0.4, -0.2) is 101 Å². The van der Waals surface area contributed by atoms with E-state index in [0.29, 0.717) is 80.5 Å². The van der Waals surface area contributed by atoms with Crippen molar-refractivity contribution in [3.63, 3.8) is 0 Å². The number of amides is 2. The second kappa shape index (κ2) is 15.5. The summed E-state index contributed by atoms with van der Waals surface area (Å²) in [5, 5.41) is 21.1. The molecule has 2 aliphatic rings. The molecular formula is C41H40N12O3. The third kappa shape index (κ3) is 7.30. The first-order valence-electron chi connectivity index (χ1n) is 18.9. The number of aromatic nitrogens is 8. The van der Waals surface area contributed by atoms with Gasteiger partial charge in [-0.3, -0.25) is 9.59 Å². The maximum Gasteiger partial charge on any atom is 0.253 e. The van der Waals surface area contributed by atoms with E-state index in [2.05, 4.69) is 46.9 Å². The number of carbonyl (C=O) groups is 2. The molecule has 15 heteroatoms. The van der Waals surface area contributed by atoms with Crippen LogP contribution in [0.2, 0.25) is 0 Å². The van der Waals surface area contributed by atoms with Gasteiger partial charge in [0, 0.05) is 61.6 Å². The number of furan rings is 1. The Morgan fingerprint density at radius 3 is 2.29 bits per heavy atom. The summed E-state index contributed by atoms with van der Waals surface area (Å²) < 4.78 is 9.13. The average Bonchev–Trinajstić information content (AvgIpc) is 4.06. The number of fused-ring (bicyclic) bond motifs is 1. The zero-order valence-corrected chi connectivity index (χ0v) is 30.7. The van der Waals surface area contributed by atoms with Gasteiger partial charge in [-0.25, -0.2) is 19.3 Å². The molecule has 2 saturated heterocycles. The van der Waals surface area contributed by atoms with Gasteiger partial charge < -0.3 is 24.4 Å². The Labute approximate surface area is 322 Å². The molecule has 7 aromatic rings. The second-order valence-electron chi connectivity index (χ2n) is 14.1. The molecule has 4 aromatic heterocycles. The fraction of sp³-hybridized carbons (Fsp3) is 0.268. The van der Waals surface area contributed by atoms with E-state index < -0.39 is 0 Å². The number of benzene rings is 3. The highest BCUT2D eigenvalue weighted by atomic mass is 16.3. The van der Waals surface area contributed by atoms with E-state index in [-0.39, 0.29) is 17.9 Å².